The molecule has 0 aromatic heterocycles. The van der Waals surface area contributed by atoms with Crippen LogP contribution in [-0.4, -0.2) is 32.1 Å². The summed E-state index contributed by atoms with van der Waals surface area (Å²) in [6.07, 6.45) is 0.138. The fraction of sp³-hybridized carbons (Fsp3) is 0.333. The Bertz CT molecular complexity index is 422. The Morgan fingerprint density at radius 1 is 1.39 bits per heavy atom. The second-order valence-corrected chi connectivity index (χ2v) is 3.86. The standard InChI is InChI=1S/C12H14ClNO4/c1-17-12(16)5-6-14-11(15)8-18-10-4-2-3-9(13)7-10/h2-4,7H,5-6,8H2,1H3,(H,14,15). The summed E-state index contributed by atoms with van der Waals surface area (Å²) >= 11 is 5.76. The second kappa shape index (κ2) is 7.55. The molecule has 1 aromatic rings. The van der Waals surface area contributed by atoms with E-state index < -0.39 is 0 Å². The SMILES string of the molecule is COC(=O)CCNC(=O)COc1cccc(Cl)c1. The van der Waals surface area contributed by atoms with E-state index in [1.54, 1.807) is 24.3 Å². The predicted octanol–water partition coefficient (Wildman–Crippen LogP) is 1.40. The summed E-state index contributed by atoms with van der Waals surface area (Å²) in [7, 11) is 1.30. The van der Waals surface area contributed by atoms with E-state index in [4.69, 9.17) is 16.3 Å². The van der Waals surface area contributed by atoms with Gasteiger partial charge in [0.25, 0.3) is 5.91 Å². The number of halogens is 1. The maximum Gasteiger partial charge on any atom is 0.307 e. The van der Waals surface area contributed by atoms with Crippen molar-refractivity contribution in [3.8, 4) is 5.75 Å². The Balaban J connectivity index is 2.23. The van der Waals surface area contributed by atoms with Gasteiger partial charge in [0, 0.05) is 11.6 Å². The minimum Gasteiger partial charge on any atom is -0.484 e. The first kappa shape index (κ1) is 14.3. The summed E-state index contributed by atoms with van der Waals surface area (Å²) in [5.74, 6) is -0.157. The highest BCUT2D eigenvalue weighted by atomic mass is 35.5. The molecule has 0 saturated heterocycles. The summed E-state index contributed by atoms with van der Waals surface area (Å²) in [5.41, 5.74) is 0. The van der Waals surface area contributed by atoms with E-state index in [1.165, 1.54) is 7.11 Å². The fourth-order valence-corrected chi connectivity index (χ4v) is 1.34. The Morgan fingerprint density at radius 2 is 2.17 bits per heavy atom. The van der Waals surface area contributed by atoms with Gasteiger partial charge in [-0.25, -0.2) is 0 Å². The summed E-state index contributed by atoms with van der Waals surface area (Å²) in [5, 5.41) is 3.08. The molecule has 0 aliphatic rings. The van der Waals surface area contributed by atoms with Crippen LogP contribution < -0.4 is 10.1 Å². The van der Waals surface area contributed by atoms with Gasteiger partial charge in [-0.2, -0.15) is 0 Å². The number of carbonyl (C=O) groups excluding carboxylic acids is 2. The van der Waals surface area contributed by atoms with E-state index >= 15 is 0 Å². The van der Waals surface area contributed by atoms with Crippen molar-refractivity contribution in [3.63, 3.8) is 0 Å². The van der Waals surface area contributed by atoms with Crippen molar-refractivity contribution in [1.82, 2.24) is 5.32 Å². The van der Waals surface area contributed by atoms with Gasteiger partial charge in [0.15, 0.2) is 6.61 Å². The average Bonchev–Trinajstić information content (AvgIpc) is 2.36. The molecule has 0 heterocycles. The molecule has 0 unspecified atom stereocenters. The lowest BCUT2D eigenvalue weighted by Crippen LogP contribution is -2.30. The van der Waals surface area contributed by atoms with Gasteiger partial charge in [-0.15, -0.1) is 0 Å². The topological polar surface area (TPSA) is 64.6 Å². The van der Waals surface area contributed by atoms with E-state index in [0.29, 0.717) is 10.8 Å². The third kappa shape index (κ3) is 5.54. The van der Waals surface area contributed by atoms with Gasteiger partial charge in [0.05, 0.1) is 13.5 Å². The van der Waals surface area contributed by atoms with Crippen molar-refractivity contribution >= 4 is 23.5 Å². The van der Waals surface area contributed by atoms with E-state index in [1.807, 2.05) is 0 Å². The van der Waals surface area contributed by atoms with Crippen LogP contribution in [0.1, 0.15) is 6.42 Å². The van der Waals surface area contributed by atoms with Crippen LogP contribution >= 0.6 is 11.6 Å². The van der Waals surface area contributed by atoms with Crippen LogP contribution in [0.15, 0.2) is 24.3 Å². The molecule has 0 radical (unpaired) electrons. The zero-order valence-electron chi connectivity index (χ0n) is 9.94. The smallest absolute Gasteiger partial charge is 0.307 e. The minimum atomic E-state index is -0.369. The van der Waals surface area contributed by atoms with Gasteiger partial charge in [0.1, 0.15) is 5.75 Å². The largest absolute Gasteiger partial charge is 0.484 e. The van der Waals surface area contributed by atoms with Crippen LogP contribution in [0.2, 0.25) is 5.02 Å². The summed E-state index contributed by atoms with van der Waals surface area (Å²) < 4.78 is 9.66. The third-order valence-electron chi connectivity index (χ3n) is 2.04. The van der Waals surface area contributed by atoms with Crippen molar-refractivity contribution in [3.05, 3.63) is 29.3 Å². The molecule has 98 valence electrons. The highest BCUT2D eigenvalue weighted by Crippen LogP contribution is 2.16. The maximum absolute atomic E-state index is 11.3. The van der Waals surface area contributed by atoms with Crippen LogP contribution in [0.4, 0.5) is 0 Å². The zero-order valence-corrected chi connectivity index (χ0v) is 10.7. The predicted molar refractivity (Wildman–Crippen MR) is 66.6 cm³/mol. The van der Waals surface area contributed by atoms with Gasteiger partial charge in [0.2, 0.25) is 0 Å². The first-order chi connectivity index (χ1) is 8.61. The molecule has 0 aliphatic heterocycles. The van der Waals surface area contributed by atoms with Gasteiger partial charge < -0.3 is 14.8 Å². The zero-order chi connectivity index (χ0) is 13.4. The number of nitrogens with one attached hydrogen (secondary N) is 1. The minimum absolute atomic E-state index is 0.123. The molecule has 1 rings (SSSR count). The second-order valence-electron chi connectivity index (χ2n) is 3.42. The van der Waals surface area contributed by atoms with Crippen LogP contribution in [0.25, 0.3) is 0 Å². The summed E-state index contributed by atoms with van der Waals surface area (Å²) in [6, 6.07) is 6.76. The monoisotopic (exact) mass is 271 g/mol. The fourth-order valence-electron chi connectivity index (χ4n) is 1.16. The Morgan fingerprint density at radius 3 is 2.83 bits per heavy atom. The van der Waals surface area contributed by atoms with Crippen LogP contribution in [-0.2, 0) is 14.3 Å². The van der Waals surface area contributed by atoms with Crippen molar-refractivity contribution in [2.75, 3.05) is 20.3 Å². The first-order valence-corrected chi connectivity index (χ1v) is 5.71. The van der Waals surface area contributed by atoms with Crippen molar-refractivity contribution in [1.29, 1.82) is 0 Å². The summed E-state index contributed by atoms with van der Waals surface area (Å²) in [6.45, 7) is 0.103. The van der Waals surface area contributed by atoms with Crippen molar-refractivity contribution < 1.29 is 19.1 Å². The number of methoxy groups -OCH3 is 1. The Labute approximate surface area is 110 Å². The van der Waals surface area contributed by atoms with E-state index in [0.717, 1.165) is 0 Å². The van der Waals surface area contributed by atoms with Gasteiger partial charge in [-0.05, 0) is 18.2 Å². The molecule has 0 spiro atoms. The molecule has 0 bridgehead atoms. The average molecular weight is 272 g/mol. The van der Waals surface area contributed by atoms with E-state index in [-0.39, 0.29) is 31.4 Å². The maximum atomic E-state index is 11.3. The highest BCUT2D eigenvalue weighted by molar-refractivity contribution is 6.30. The lowest BCUT2D eigenvalue weighted by Gasteiger charge is -2.07. The molecule has 6 heteroatoms. The number of carbonyl (C=O) groups is 2. The molecular formula is C12H14ClNO4. The van der Waals surface area contributed by atoms with Crippen LogP contribution in [0.3, 0.4) is 0 Å². The van der Waals surface area contributed by atoms with Gasteiger partial charge >= 0.3 is 5.97 Å². The normalized spacial score (nSPS) is 9.67. The molecule has 1 amide bonds. The van der Waals surface area contributed by atoms with Gasteiger partial charge in [-0.3, -0.25) is 9.59 Å². The first-order valence-electron chi connectivity index (χ1n) is 5.33. The molecular weight excluding hydrogens is 258 g/mol. The number of hydrogen-bond donors (Lipinski definition) is 1. The number of hydrogen-bond acceptors (Lipinski definition) is 4. The number of benzene rings is 1. The van der Waals surface area contributed by atoms with E-state index in [9.17, 15) is 9.59 Å². The van der Waals surface area contributed by atoms with Gasteiger partial charge in [-0.1, -0.05) is 17.7 Å². The molecule has 0 saturated carbocycles. The number of rotatable bonds is 6. The molecule has 0 fully saturated rings. The molecule has 1 aromatic carbocycles. The van der Waals surface area contributed by atoms with Crippen molar-refractivity contribution in [2.45, 2.75) is 6.42 Å². The van der Waals surface area contributed by atoms with Crippen LogP contribution in [0.5, 0.6) is 5.75 Å². The van der Waals surface area contributed by atoms with Crippen LogP contribution in [0, 0.1) is 0 Å². The number of amides is 1. The lowest BCUT2D eigenvalue weighted by molar-refractivity contribution is -0.140. The lowest BCUT2D eigenvalue weighted by atomic mass is 10.3. The molecule has 18 heavy (non-hydrogen) atoms. The molecule has 0 aliphatic carbocycles. The highest BCUT2D eigenvalue weighted by Gasteiger charge is 2.05. The number of ether oxygens (including phenoxy) is 2. The quantitative estimate of drug-likeness (QED) is 0.795. The summed E-state index contributed by atoms with van der Waals surface area (Å²) in [4.78, 5) is 22.1. The Kier molecular flexibility index (Phi) is 6.00. The Hall–Kier alpha value is -1.75. The van der Waals surface area contributed by atoms with E-state index in [2.05, 4.69) is 10.1 Å². The molecule has 1 N–H and O–H groups in total. The van der Waals surface area contributed by atoms with Crippen molar-refractivity contribution in [2.24, 2.45) is 0 Å². The molecule has 0 atom stereocenters. The molecule has 5 nitrogen and oxygen atoms in total. The number of esters is 1. The third-order valence-corrected chi connectivity index (χ3v) is 2.28.